The maximum Gasteiger partial charge on any atom is 0.305 e. The monoisotopic (exact) mass is 276 g/mol. The van der Waals surface area contributed by atoms with Gasteiger partial charge in [-0.05, 0) is 19.1 Å². The SMILES string of the molecule is CC(c1cscn1)N(CCC(=O)O)c1ccccc1. The molecule has 0 radical (unpaired) electrons. The van der Waals surface area contributed by atoms with Crippen molar-refractivity contribution in [1.82, 2.24) is 4.98 Å². The quantitative estimate of drug-likeness (QED) is 0.880. The number of hydrogen-bond acceptors (Lipinski definition) is 4. The van der Waals surface area contributed by atoms with Crippen molar-refractivity contribution in [3.63, 3.8) is 0 Å². The van der Waals surface area contributed by atoms with Crippen LogP contribution in [0, 0.1) is 0 Å². The van der Waals surface area contributed by atoms with E-state index in [4.69, 9.17) is 5.11 Å². The van der Waals surface area contributed by atoms with Gasteiger partial charge in [0.1, 0.15) is 0 Å². The van der Waals surface area contributed by atoms with E-state index in [1.54, 1.807) is 16.8 Å². The van der Waals surface area contributed by atoms with E-state index in [1.807, 2.05) is 42.6 Å². The summed E-state index contributed by atoms with van der Waals surface area (Å²) in [6, 6.07) is 9.91. The summed E-state index contributed by atoms with van der Waals surface area (Å²) in [6.07, 6.45) is 0.114. The number of carbonyl (C=O) groups is 1. The fraction of sp³-hybridized carbons (Fsp3) is 0.286. The van der Waals surface area contributed by atoms with E-state index in [2.05, 4.69) is 9.88 Å². The van der Waals surface area contributed by atoms with Crippen LogP contribution in [0.2, 0.25) is 0 Å². The van der Waals surface area contributed by atoms with E-state index < -0.39 is 5.97 Å². The normalized spacial score (nSPS) is 12.1. The average molecular weight is 276 g/mol. The number of carboxylic acid groups (broad SMARTS) is 1. The number of rotatable bonds is 6. The molecule has 2 aromatic rings. The maximum atomic E-state index is 10.8. The van der Waals surface area contributed by atoms with Crippen molar-refractivity contribution in [2.75, 3.05) is 11.4 Å². The zero-order valence-corrected chi connectivity index (χ0v) is 11.5. The van der Waals surface area contributed by atoms with Gasteiger partial charge in [0.2, 0.25) is 0 Å². The number of aromatic nitrogens is 1. The molecule has 0 aliphatic heterocycles. The number of carboxylic acids is 1. The van der Waals surface area contributed by atoms with Gasteiger partial charge in [0.25, 0.3) is 0 Å². The van der Waals surface area contributed by atoms with Crippen LogP contribution < -0.4 is 4.90 Å². The summed E-state index contributed by atoms with van der Waals surface area (Å²) < 4.78 is 0. The molecule has 0 bridgehead atoms. The van der Waals surface area contributed by atoms with Gasteiger partial charge < -0.3 is 10.0 Å². The van der Waals surface area contributed by atoms with Crippen LogP contribution in [0.4, 0.5) is 5.69 Å². The lowest BCUT2D eigenvalue weighted by Crippen LogP contribution is -2.29. The molecule has 0 aliphatic carbocycles. The van der Waals surface area contributed by atoms with Crippen molar-refractivity contribution in [2.45, 2.75) is 19.4 Å². The van der Waals surface area contributed by atoms with E-state index in [0.717, 1.165) is 11.4 Å². The zero-order valence-electron chi connectivity index (χ0n) is 10.7. The predicted molar refractivity (Wildman–Crippen MR) is 76.6 cm³/mol. The number of anilines is 1. The smallest absolute Gasteiger partial charge is 0.305 e. The van der Waals surface area contributed by atoms with Crippen molar-refractivity contribution >= 4 is 23.0 Å². The highest BCUT2D eigenvalue weighted by Crippen LogP contribution is 2.26. The summed E-state index contributed by atoms with van der Waals surface area (Å²) in [5.74, 6) is -0.786. The van der Waals surface area contributed by atoms with Crippen LogP contribution in [0.15, 0.2) is 41.2 Å². The molecular weight excluding hydrogens is 260 g/mol. The summed E-state index contributed by atoms with van der Waals surface area (Å²) in [5, 5.41) is 10.9. The first-order valence-electron chi connectivity index (χ1n) is 6.10. The summed E-state index contributed by atoms with van der Waals surface area (Å²) in [4.78, 5) is 17.2. The first-order chi connectivity index (χ1) is 9.18. The minimum atomic E-state index is -0.786. The number of thiazole rings is 1. The van der Waals surface area contributed by atoms with E-state index in [1.165, 1.54) is 0 Å². The second kappa shape index (κ2) is 6.33. The number of benzene rings is 1. The first-order valence-corrected chi connectivity index (χ1v) is 7.04. The number of nitrogens with zero attached hydrogens (tertiary/aromatic N) is 2. The van der Waals surface area contributed by atoms with Crippen LogP contribution in [0.3, 0.4) is 0 Å². The van der Waals surface area contributed by atoms with Gasteiger partial charge in [0, 0.05) is 17.6 Å². The van der Waals surface area contributed by atoms with Crippen LogP contribution in [-0.2, 0) is 4.79 Å². The fourth-order valence-electron chi connectivity index (χ4n) is 1.97. The Balaban J connectivity index is 2.21. The number of hydrogen-bond donors (Lipinski definition) is 1. The molecule has 0 fully saturated rings. The minimum Gasteiger partial charge on any atom is -0.481 e. The lowest BCUT2D eigenvalue weighted by atomic mass is 10.1. The molecule has 1 aromatic heterocycles. The molecule has 1 unspecified atom stereocenters. The molecule has 1 N–H and O–H groups in total. The molecule has 1 atom stereocenters. The molecule has 100 valence electrons. The summed E-state index contributed by atoms with van der Waals surface area (Å²) >= 11 is 1.55. The van der Waals surface area contributed by atoms with Crippen molar-refractivity contribution in [3.8, 4) is 0 Å². The van der Waals surface area contributed by atoms with E-state index in [-0.39, 0.29) is 12.5 Å². The lowest BCUT2D eigenvalue weighted by molar-refractivity contribution is -0.136. The van der Waals surface area contributed by atoms with Crippen LogP contribution in [0.1, 0.15) is 25.1 Å². The van der Waals surface area contributed by atoms with Crippen LogP contribution >= 0.6 is 11.3 Å². The third kappa shape index (κ3) is 3.54. The van der Waals surface area contributed by atoms with Gasteiger partial charge in [0.05, 0.1) is 23.7 Å². The summed E-state index contributed by atoms with van der Waals surface area (Å²) in [6.45, 7) is 2.52. The fourth-order valence-corrected chi connectivity index (χ4v) is 2.61. The molecule has 0 saturated heterocycles. The molecule has 2 rings (SSSR count). The van der Waals surface area contributed by atoms with Gasteiger partial charge >= 0.3 is 5.97 Å². The molecule has 0 saturated carbocycles. The standard InChI is InChI=1S/C14H16N2O2S/c1-11(13-9-19-10-15-13)16(8-7-14(17)18)12-5-3-2-4-6-12/h2-6,9-11H,7-8H2,1H3,(H,17,18). The topological polar surface area (TPSA) is 53.4 Å². The average Bonchev–Trinajstić information content (AvgIpc) is 2.93. The van der Waals surface area contributed by atoms with Gasteiger partial charge in [-0.1, -0.05) is 18.2 Å². The molecule has 0 amide bonds. The third-order valence-electron chi connectivity index (χ3n) is 3.00. The maximum absolute atomic E-state index is 10.8. The van der Waals surface area contributed by atoms with E-state index >= 15 is 0 Å². The largest absolute Gasteiger partial charge is 0.481 e. The summed E-state index contributed by atoms with van der Waals surface area (Å²) in [5.41, 5.74) is 3.79. The van der Waals surface area contributed by atoms with Gasteiger partial charge in [0.15, 0.2) is 0 Å². The molecule has 4 nitrogen and oxygen atoms in total. The summed E-state index contributed by atoms with van der Waals surface area (Å²) in [7, 11) is 0. The molecule has 0 spiro atoms. The van der Waals surface area contributed by atoms with Gasteiger partial charge in [-0.3, -0.25) is 4.79 Å². The van der Waals surface area contributed by atoms with Crippen molar-refractivity contribution < 1.29 is 9.90 Å². The number of para-hydroxylation sites is 1. The predicted octanol–water partition coefficient (Wildman–Crippen LogP) is 3.19. The lowest BCUT2D eigenvalue weighted by Gasteiger charge is -2.30. The highest BCUT2D eigenvalue weighted by Gasteiger charge is 2.18. The van der Waals surface area contributed by atoms with E-state index in [0.29, 0.717) is 6.54 Å². The Morgan fingerprint density at radius 2 is 2.16 bits per heavy atom. The highest BCUT2D eigenvalue weighted by atomic mass is 32.1. The van der Waals surface area contributed by atoms with Crippen LogP contribution in [0.25, 0.3) is 0 Å². The second-order valence-corrected chi connectivity index (χ2v) is 4.98. The van der Waals surface area contributed by atoms with Gasteiger partial charge in [-0.25, -0.2) is 4.98 Å². The van der Waals surface area contributed by atoms with Crippen LogP contribution in [-0.4, -0.2) is 22.6 Å². The Hall–Kier alpha value is -1.88. The Kier molecular flexibility index (Phi) is 4.52. The molecule has 5 heteroatoms. The van der Waals surface area contributed by atoms with Crippen molar-refractivity contribution in [2.24, 2.45) is 0 Å². The highest BCUT2D eigenvalue weighted by molar-refractivity contribution is 7.07. The Morgan fingerprint density at radius 3 is 2.74 bits per heavy atom. The zero-order chi connectivity index (χ0) is 13.7. The molecule has 19 heavy (non-hydrogen) atoms. The first kappa shape index (κ1) is 13.5. The van der Waals surface area contributed by atoms with Crippen molar-refractivity contribution in [3.05, 3.63) is 46.9 Å². The molecule has 1 aromatic carbocycles. The minimum absolute atomic E-state index is 0.0630. The number of aliphatic carboxylic acids is 1. The van der Waals surface area contributed by atoms with Gasteiger partial charge in [-0.15, -0.1) is 11.3 Å². The molecule has 0 aliphatic rings. The Bertz CT molecular complexity index is 514. The molecular formula is C14H16N2O2S. The molecule has 1 heterocycles. The Labute approximate surface area is 116 Å². The Morgan fingerprint density at radius 1 is 1.42 bits per heavy atom. The van der Waals surface area contributed by atoms with E-state index in [9.17, 15) is 4.79 Å². The van der Waals surface area contributed by atoms with Crippen LogP contribution in [0.5, 0.6) is 0 Å². The van der Waals surface area contributed by atoms with Gasteiger partial charge in [-0.2, -0.15) is 0 Å². The third-order valence-corrected chi connectivity index (χ3v) is 3.61. The van der Waals surface area contributed by atoms with Crippen molar-refractivity contribution in [1.29, 1.82) is 0 Å². The second-order valence-electron chi connectivity index (χ2n) is 4.26.